The second-order valence-corrected chi connectivity index (χ2v) is 2.70. The third kappa shape index (κ3) is 2.04. The molecule has 1 N–H and O–H groups in total. The van der Waals surface area contributed by atoms with Crippen LogP contribution in [-0.2, 0) is 0 Å². The molecular formula is C10H8FN3. The molecule has 0 unspecified atom stereocenters. The van der Waals surface area contributed by atoms with Gasteiger partial charge in [-0.05, 0) is 24.3 Å². The van der Waals surface area contributed by atoms with Gasteiger partial charge in [-0.2, -0.15) is 0 Å². The summed E-state index contributed by atoms with van der Waals surface area (Å²) in [5.41, 5.74) is 0. The molecule has 70 valence electrons. The molecular weight excluding hydrogens is 181 g/mol. The van der Waals surface area contributed by atoms with Gasteiger partial charge in [-0.3, -0.25) is 0 Å². The number of nitrogens with one attached hydrogen (secondary N) is 1. The van der Waals surface area contributed by atoms with Crippen LogP contribution in [0.5, 0.6) is 0 Å². The molecule has 0 radical (unpaired) electrons. The Hall–Kier alpha value is -1.97. The van der Waals surface area contributed by atoms with Gasteiger partial charge < -0.3 is 5.32 Å². The van der Waals surface area contributed by atoms with Crippen LogP contribution in [0.25, 0.3) is 0 Å². The van der Waals surface area contributed by atoms with Gasteiger partial charge in [-0.15, -0.1) is 0 Å². The zero-order valence-corrected chi connectivity index (χ0v) is 7.31. The highest BCUT2D eigenvalue weighted by molar-refractivity contribution is 5.50. The van der Waals surface area contributed by atoms with Crippen molar-refractivity contribution in [3.63, 3.8) is 0 Å². The van der Waals surface area contributed by atoms with Crippen LogP contribution in [-0.4, -0.2) is 9.97 Å². The largest absolute Gasteiger partial charge is 0.325 e. The molecule has 0 saturated heterocycles. The van der Waals surface area contributed by atoms with Gasteiger partial charge >= 0.3 is 0 Å². The smallest absolute Gasteiger partial charge is 0.141 e. The highest BCUT2D eigenvalue weighted by atomic mass is 19.1. The average molecular weight is 189 g/mol. The van der Waals surface area contributed by atoms with E-state index in [-0.39, 0.29) is 5.82 Å². The number of nitrogens with zero attached hydrogens (tertiary/aromatic N) is 2. The van der Waals surface area contributed by atoms with Crippen molar-refractivity contribution in [2.45, 2.75) is 0 Å². The summed E-state index contributed by atoms with van der Waals surface area (Å²) in [7, 11) is 0. The lowest BCUT2D eigenvalue weighted by molar-refractivity contribution is 0.622. The molecule has 0 amide bonds. The molecule has 14 heavy (non-hydrogen) atoms. The van der Waals surface area contributed by atoms with Crippen LogP contribution in [0.4, 0.5) is 16.0 Å². The molecule has 0 aliphatic heterocycles. The van der Waals surface area contributed by atoms with Crippen molar-refractivity contribution in [1.29, 1.82) is 0 Å². The molecule has 0 fully saturated rings. The van der Waals surface area contributed by atoms with E-state index >= 15 is 0 Å². The van der Waals surface area contributed by atoms with E-state index in [1.807, 2.05) is 18.2 Å². The van der Waals surface area contributed by atoms with Gasteiger partial charge in [0, 0.05) is 6.20 Å². The van der Waals surface area contributed by atoms with E-state index in [2.05, 4.69) is 15.3 Å². The van der Waals surface area contributed by atoms with Crippen molar-refractivity contribution in [2.75, 3.05) is 5.32 Å². The predicted octanol–water partition coefficient (Wildman–Crippen LogP) is 2.36. The summed E-state index contributed by atoms with van der Waals surface area (Å²) in [5, 5.41) is 2.94. The molecule has 2 rings (SSSR count). The number of anilines is 2. The number of pyridine rings is 2. The van der Waals surface area contributed by atoms with Crippen molar-refractivity contribution >= 4 is 11.6 Å². The number of hydrogen-bond acceptors (Lipinski definition) is 3. The van der Waals surface area contributed by atoms with Crippen molar-refractivity contribution in [3.05, 3.63) is 48.5 Å². The third-order valence-corrected chi connectivity index (χ3v) is 1.65. The molecule has 4 heteroatoms. The number of halogens is 1. The molecule has 0 aliphatic rings. The Kier molecular flexibility index (Phi) is 2.36. The first kappa shape index (κ1) is 8.62. The highest BCUT2D eigenvalue weighted by Crippen LogP contribution is 2.10. The summed E-state index contributed by atoms with van der Waals surface area (Å²) in [6.07, 6.45) is 2.83. The SMILES string of the molecule is Fc1ccc(Nc2ccccn2)nc1. The molecule has 0 atom stereocenters. The number of aromatic nitrogens is 2. The lowest BCUT2D eigenvalue weighted by atomic mass is 10.4. The van der Waals surface area contributed by atoms with Gasteiger partial charge in [0.25, 0.3) is 0 Å². The molecule has 2 heterocycles. The van der Waals surface area contributed by atoms with Crippen LogP contribution >= 0.6 is 0 Å². The van der Waals surface area contributed by atoms with Crippen molar-refractivity contribution in [3.8, 4) is 0 Å². The average Bonchev–Trinajstić information content (AvgIpc) is 2.23. The normalized spacial score (nSPS) is 9.79. The summed E-state index contributed by atoms with van der Waals surface area (Å²) in [6.45, 7) is 0. The molecule has 3 nitrogen and oxygen atoms in total. The van der Waals surface area contributed by atoms with E-state index in [4.69, 9.17) is 0 Å². The maximum absolute atomic E-state index is 12.5. The Morgan fingerprint density at radius 2 is 1.86 bits per heavy atom. The lowest BCUT2D eigenvalue weighted by Gasteiger charge is -2.02. The summed E-state index contributed by atoms with van der Waals surface area (Å²) in [4.78, 5) is 7.90. The van der Waals surface area contributed by atoms with E-state index in [0.29, 0.717) is 11.6 Å². The Morgan fingerprint density at radius 3 is 2.50 bits per heavy atom. The van der Waals surface area contributed by atoms with E-state index in [0.717, 1.165) is 6.20 Å². The monoisotopic (exact) mass is 189 g/mol. The third-order valence-electron chi connectivity index (χ3n) is 1.65. The quantitative estimate of drug-likeness (QED) is 0.788. The Labute approximate surface area is 80.6 Å². The Balaban J connectivity index is 2.16. The maximum atomic E-state index is 12.5. The van der Waals surface area contributed by atoms with Gasteiger partial charge in [0.05, 0.1) is 6.20 Å². The summed E-state index contributed by atoms with van der Waals surface area (Å²) in [5.74, 6) is 0.910. The molecule has 0 bridgehead atoms. The van der Waals surface area contributed by atoms with E-state index < -0.39 is 0 Å². The van der Waals surface area contributed by atoms with Crippen LogP contribution < -0.4 is 5.32 Å². The summed E-state index contributed by atoms with van der Waals surface area (Å²) in [6, 6.07) is 8.40. The van der Waals surface area contributed by atoms with E-state index in [1.54, 1.807) is 12.3 Å². The summed E-state index contributed by atoms with van der Waals surface area (Å²) < 4.78 is 12.5. The second kappa shape index (κ2) is 3.83. The standard InChI is InChI=1S/C10H8FN3/c11-8-4-5-10(13-7-8)14-9-3-1-2-6-12-9/h1-7H,(H,12,13,14). The first-order valence-corrected chi connectivity index (χ1v) is 4.14. The van der Waals surface area contributed by atoms with Crippen molar-refractivity contribution in [2.24, 2.45) is 0 Å². The molecule has 2 aromatic rings. The van der Waals surface area contributed by atoms with Gasteiger partial charge in [-0.1, -0.05) is 6.07 Å². The fraction of sp³-hybridized carbons (Fsp3) is 0. The van der Waals surface area contributed by atoms with Crippen LogP contribution in [0.15, 0.2) is 42.7 Å². The number of hydrogen-bond donors (Lipinski definition) is 1. The van der Waals surface area contributed by atoms with E-state index in [9.17, 15) is 4.39 Å². The number of rotatable bonds is 2. The minimum absolute atomic E-state index is 0.350. The van der Waals surface area contributed by atoms with Crippen LogP contribution in [0.1, 0.15) is 0 Å². The minimum atomic E-state index is -0.350. The van der Waals surface area contributed by atoms with Crippen molar-refractivity contribution in [1.82, 2.24) is 9.97 Å². The zero-order valence-electron chi connectivity index (χ0n) is 7.31. The second-order valence-electron chi connectivity index (χ2n) is 2.70. The van der Waals surface area contributed by atoms with Crippen molar-refractivity contribution < 1.29 is 4.39 Å². The van der Waals surface area contributed by atoms with Gasteiger partial charge in [0.1, 0.15) is 17.5 Å². The minimum Gasteiger partial charge on any atom is -0.325 e. The van der Waals surface area contributed by atoms with Crippen LogP contribution in [0, 0.1) is 5.82 Å². The fourth-order valence-electron chi connectivity index (χ4n) is 1.02. The fourth-order valence-corrected chi connectivity index (χ4v) is 1.02. The molecule has 0 aliphatic carbocycles. The van der Waals surface area contributed by atoms with Gasteiger partial charge in [0.15, 0.2) is 0 Å². The van der Waals surface area contributed by atoms with Gasteiger partial charge in [0.2, 0.25) is 0 Å². The molecule has 0 aromatic carbocycles. The maximum Gasteiger partial charge on any atom is 0.141 e. The predicted molar refractivity (Wildman–Crippen MR) is 51.7 cm³/mol. The molecule has 0 spiro atoms. The first-order chi connectivity index (χ1) is 6.84. The van der Waals surface area contributed by atoms with Gasteiger partial charge in [-0.25, -0.2) is 14.4 Å². The van der Waals surface area contributed by atoms with Crippen LogP contribution in [0.3, 0.4) is 0 Å². The van der Waals surface area contributed by atoms with E-state index in [1.165, 1.54) is 6.07 Å². The first-order valence-electron chi connectivity index (χ1n) is 4.14. The summed E-state index contributed by atoms with van der Waals surface area (Å²) >= 11 is 0. The lowest BCUT2D eigenvalue weighted by Crippen LogP contribution is -1.94. The van der Waals surface area contributed by atoms with Crippen LogP contribution in [0.2, 0.25) is 0 Å². The topological polar surface area (TPSA) is 37.8 Å². The Morgan fingerprint density at radius 1 is 1.00 bits per heavy atom. The molecule has 2 aromatic heterocycles. The zero-order chi connectivity index (χ0) is 9.80. The molecule has 0 saturated carbocycles. The highest BCUT2D eigenvalue weighted by Gasteiger charge is 1.95. The Bertz CT molecular complexity index is 399.